The molecular weight excluding hydrogens is 500 g/mol. The van der Waals surface area contributed by atoms with E-state index in [9.17, 15) is 14.4 Å². The number of benzene rings is 4. The fourth-order valence-electron chi connectivity index (χ4n) is 5.03. The van der Waals surface area contributed by atoms with Gasteiger partial charge in [0.05, 0.1) is 12.1 Å². The van der Waals surface area contributed by atoms with Gasteiger partial charge in [0, 0.05) is 44.2 Å². The molecule has 0 saturated carbocycles. The van der Waals surface area contributed by atoms with Gasteiger partial charge in [0.2, 0.25) is 11.8 Å². The van der Waals surface area contributed by atoms with Crippen molar-refractivity contribution in [3.63, 3.8) is 0 Å². The van der Waals surface area contributed by atoms with Gasteiger partial charge in [0.25, 0.3) is 5.91 Å². The fraction of sp³-hybridized carbons (Fsp3) is 0.182. The van der Waals surface area contributed by atoms with Gasteiger partial charge in [-0.2, -0.15) is 0 Å². The van der Waals surface area contributed by atoms with Crippen LogP contribution in [0.15, 0.2) is 103 Å². The van der Waals surface area contributed by atoms with E-state index in [0.717, 1.165) is 32.8 Å². The van der Waals surface area contributed by atoms with E-state index in [-0.39, 0.29) is 18.4 Å². The molecule has 202 valence electrons. The Morgan fingerprint density at radius 3 is 2.33 bits per heavy atom. The van der Waals surface area contributed by atoms with Crippen LogP contribution in [-0.4, -0.2) is 46.8 Å². The second-order valence-electron chi connectivity index (χ2n) is 10.0. The van der Waals surface area contributed by atoms with E-state index in [1.54, 1.807) is 18.1 Å². The summed E-state index contributed by atoms with van der Waals surface area (Å²) in [5.41, 5.74) is 3.36. The Morgan fingerprint density at radius 1 is 0.825 bits per heavy atom. The highest BCUT2D eigenvalue weighted by molar-refractivity contribution is 6.07. The number of carbonyl (C=O) groups is 3. The van der Waals surface area contributed by atoms with Crippen LogP contribution in [0.5, 0.6) is 0 Å². The molecule has 0 spiro atoms. The number of nitrogens with zero attached hydrogens (tertiary/aromatic N) is 2. The van der Waals surface area contributed by atoms with Crippen molar-refractivity contribution < 1.29 is 14.4 Å². The van der Waals surface area contributed by atoms with Gasteiger partial charge in [0.1, 0.15) is 6.04 Å². The molecule has 0 fully saturated rings. The number of hydrogen-bond donors (Lipinski definition) is 2. The van der Waals surface area contributed by atoms with Crippen LogP contribution in [-0.2, 0) is 29.6 Å². The van der Waals surface area contributed by atoms with Gasteiger partial charge < -0.3 is 20.1 Å². The molecule has 5 rings (SSSR count). The Hall–Kier alpha value is -4.91. The van der Waals surface area contributed by atoms with Crippen molar-refractivity contribution in [2.75, 3.05) is 13.6 Å². The molecule has 0 aliphatic heterocycles. The third-order valence-electron chi connectivity index (χ3n) is 7.08. The zero-order chi connectivity index (χ0) is 28.1. The molecule has 7 nitrogen and oxygen atoms in total. The molecule has 2 N–H and O–H groups in total. The third kappa shape index (κ3) is 6.04. The van der Waals surface area contributed by atoms with Crippen molar-refractivity contribution in [1.29, 1.82) is 0 Å². The largest absolute Gasteiger partial charge is 0.350 e. The van der Waals surface area contributed by atoms with Crippen molar-refractivity contribution in [3.05, 3.63) is 120 Å². The normalized spacial score (nSPS) is 11.8. The Labute approximate surface area is 233 Å². The standard InChI is InChI=1S/C33H32N4O3/c1-36-22-28(27-14-8-9-15-30(27)36)32(39)34-20-31(38)35-29(33(40)37(2)21-23-10-4-3-5-11-23)19-24-16-17-25-12-6-7-13-26(25)18-24/h3-18,22,29H,19-21H2,1-2H3,(H,34,39)(H,35,38). The molecule has 4 aromatic carbocycles. The topological polar surface area (TPSA) is 83.4 Å². The Morgan fingerprint density at radius 2 is 1.52 bits per heavy atom. The molecular formula is C33H32N4O3. The second kappa shape index (κ2) is 11.9. The van der Waals surface area contributed by atoms with Crippen molar-refractivity contribution >= 4 is 39.4 Å². The van der Waals surface area contributed by atoms with Crippen LogP contribution in [0.4, 0.5) is 0 Å². The van der Waals surface area contributed by atoms with E-state index in [4.69, 9.17) is 0 Å². The maximum Gasteiger partial charge on any atom is 0.253 e. The second-order valence-corrected chi connectivity index (χ2v) is 10.0. The predicted octanol–water partition coefficient (Wildman–Crippen LogP) is 4.45. The predicted molar refractivity (Wildman–Crippen MR) is 158 cm³/mol. The van der Waals surface area contributed by atoms with Gasteiger partial charge in [-0.05, 0) is 28.0 Å². The van der Waals surface area contributed by atoms with Crippen molar-refractivity contribution in [3.8, 4) is 0 Å². The quantitative estimate of drug-likeness (QED) is 0.294. The van der Waals surface area contributed by atoms with Crippen LogP contribution in [0.1, 0.15) is 21.5 Å². The molecule has 1 aromatic heterocycles. The molecule has 3 amide bonds. The van der Waals surface area contributed by atoms with Crippen LogP contribution in [0.25, 0.3) is 21.7 Å². The molecule has 1 unspecified atom stereocenters. The van der Waals surface area contributed by atoms with Crippen molar-refractivity contribution in [2.45, 2.75) is 19.0 Å². The van der Waals surface area contributed by atoms with E-state index < -0.39 is 11.9 Å². The number of aryl methyl sites for hydroxylation is 1. The molecule has 0 aliphatic rings. The summed E-state index contributed by atoms with van der Waals surface area (Å²) in [5.74, 6) is -0.975. The van der Waals surface area contributed by atoms with Gasteiger partial charge >= 0.3 is 0 Å². The molecule has 0 aliphatic carbocycles. The molecule has 1 heterocycles. The summed E-state index contributed by atoms with van der Waals surface area (Å²) in [4.78, 5) is 41.2. The summed E-state index contributed by atoms with van der Waals surface area (Å²) in [7, 11) is 3.61. The Kier molecular flexibility index (Phi) is 7.92. The first kappa shape index (κ1) is 26.7. The zero-order valence-electron chi connectivity index (χ0n) is 22.6. The number of rotatable bonds is 9. The minimum Gasteiger partial charge on any atom is -0.350 e. The van der Waals surface area contributed by atoms with Crippen molar-refractivity contribution in [2.24, 2.45) is 7.05 Å². The van der Waals surface area contributed by atoms with Crippen LogP contribution in [0.3, 0.4) is 0 Å². The van der Waals surface area contributed by atoms with E-state index in [1.165, 1.54) is 0 Å². The fourth-order valence-corrected chi connectivity index (χ4v) is 5.03. The summed E-state index contributed by atoms with van der Waals surface area (Å²) in [5, 5.41) is 8.58. The summed E-state index contributed by atoms with van der Waals surface area (Å²) in [6.45, 7) is 0.174. The summed E-state index contributed by atoms with van der Waals surface area (Å²) < 4.78 is 1.88. The summed E-state index contributed by atoms with van der Waals surface area (Å²) in [6, 6.07) is 30.6. The third-order valence-corrected chi connectivity index (χ3v) is 7.08. The van der Waals surface area contributed by atoms with Crippen molar-refractivity contribution in [1.82, 2.24) is 20.1 Å². The number of amides is 3. The Balaban J connectivity index is 1.30. The number of carbonyl (C=O) groups excluding carboxylic acids is 3. The highest BCUT2D eigenvalue weighted by Crippen LogP contribution is 2.20. The van der Waals surface area contributed by atoms with Gasteiger partial charge in [-0.1, -0.05) is 91.0 Å². The lowest BCUT2D eigenvalue weighted by molar-refractivity contribution is -0.135. The van der Waals surface area contributed by atoms with Crippen LogP contribution >= 0.6 is 0 Å². The van der Waals surface area contributed by atoms with Gasteiger partial charge in [0.15, 0.2) is 0 Å². The highest BCUT2D eigenvalue weighted by Gasteiger charge is 2.25. The first-order chi connectivity index (χ1) is 19.4. The van der Waals surface area contributed by atoms with Gasteiger partial charge in [-0.3, -0.25) is 14.4 Å². The molecule has 0 radical (unpaired) electrons. The zero-order valence-corrected chi connectivity index (χ0v) is 22.6. The lowest BCUT2D eigenvalue weighted by atomic mass is 10.0. The number of para-hydroxylation sites is 1. The molecule has 0 saturated heterocycles. The maximum absolute atomic E-state index is 13.6. The maximum atomic E-state index is 13.6. The lowest BCUT2D eigenvalue weighted by Gasteiger charge is -2.25. The first-order valence-electron chi connectivity index (χ1n) is 13.3. The highest BCUT2D eigenvalue weighted by atomic mass is 16.2. The molecule has 40 heavy (non-hydrogen) atoms. The van der Waals surface area contributed by atoms with E-state index in [0.29, 0.717) is 18.5 Å². The minimum atomic E-state index is -0.795. The van der Waals surface area contributed by atoms with E-state index in [2.05, 4.69) is 10.6 Å². The van der Waals surface area contributed by atoms with Crippen LogP contribution in [0, 0.1) is 0 Å². The molecule has 5 aromatic rings. The average Bonchev–Trinajstić information content (AvgIpc) is 3.32. The van der Waals surface area contributed by atoms with Gasteiger partial charge in [-0.25, -0.2) is 0 Å². The monoisotopic (exact) mass is 532 g/mol. The minimum absolute atomic E-state index is 0.203. The SMILES string of the molecule is CN(Cc1ccccc1)C(=O)C(Cc1ccc2ccccc2c1)NC(=O)CNC(=O)c1cn(C)c2ccccc12. The van der Waals surface area contributed by atoms with Gasteiger partial charge in [-0.15, -0.1) is 0 Å². The lowest BCUT2D eigenvalue weighted by Crippen LogP contribution is -2.50. The number of hydrogen-bond acceptors (Lipinski definition) is 3. The van der Waals surface area contributed by atoms with Crippen LogP contribution in [0.2, 0.25) is 0 Å². The number of likely N-dealkylation sites (N-methyl/N-ethyl adjacent to an activating group) is 1. The van der Waals surface area contributed by atoms with E-state index >= 15 is 0 Å². The van der Waals surface area contributed by atoms with Crippen LogP contribution < -0.4 is 10.6 Å². The smallest absolute Gasteiger partial charge is 0.253 e. The average molecular weight is 533 g/mol. The molecule has 0 bridgehead atoms. The molecule has 1 atom stereocenters. The molecule has 7 heteroatoms. The number of aromatic nitrogens is 1. The summed E-state index contributed by atoms with van der Waals surface area (Å²) in [6.07, 6.45) is 2.08. The number of fused-ring (bicyclic) bond motifs is 2. The Bertz CT molecular complexity index is 1680. The first-order valence-corrected chi connectivity index (χ1v) is 13.3. The van der Waals surface area contributed by atoms with E-state index in [1.807, 2.05) is 109 Å². The summed E-state index contributed by atoms with van der Waals surface area (Å²) >= 11 is 0. The number of nitrogens with one attached hydrogen (secondary N) is 2.